The Bertz CT molecular complexity index is 1080. The van der Waals surface area contributed by atoms with Crippen molar-refractivity contribution in [2.45, 2.75) is 52.6 Å². The van der Waals surface area contributed by atoms with Crippen LogP contribution in [0.2, 0.25) is 0 Å². The molecule has 1 aromatic carbocycles. The number of rotatable bonds is 8. The van der Waals surface area contributed by atoms with Crippen molar-refractivity contribution in [3.8, 4) is 11.1 Å². The number of amides is 2. The van der Waals surface area contributed by atoms with Gasteiger partial charge < -0.3 is 25.0 Å². The van der Waals surface area contributed by atoms with Crippen LogP contribution in [-0.4, -0.2) is 72.3 Å². The number of urea groups is 1. The number of carbonyl (C=O) groups excluding carboxylic acids is 2. The first-order valence-electron chi connectivity index (χ1n) is 13.1. The van der Waals surface area contributed by atoms with Crippen LogP contribution in [0.1, 0.15) is 55.6 Å². The number of pyridine rings is 1. The lowest BCUT2D eigenvalue weighted by Gasteiger charge is -2.28. The molecule has 2 aliphatic rings. The van der Waals surface area contributed by atoms with Crippen LogP contribution in [0, 0.1) is 12.8 Å². The van der Waals surface area contributed by atoms with Gasteiger partial charge in [0.25, 0.3) is 0 Å². The van der Waals surface area contributed by atoms with Crippen molar-refractivity contribution in [3.63, 3.8) is 0 Å². The summed E-state index contributed by atoms with van der Waals surface area (Å²) in [6.45, 7) is 10.1. The highest BCUT2D eigenvalue weighted by Gasteiger charge is 2.25. The van der Waals surface area contributed by atoms with E-state index in [1.807, 2.05) is 42.2 Å². The van der Waals surface area contributed by atoms with E-state index in [4.69, 9.17) is 9.72 Å². The van der Waals surface area contributed by atoms with Gasteiger partial charge in [0, 0.05) is 38.3 Å². The number of aliphatic hydroxyl groups is 1. The number of likely N-dealkylation sites (tertiary alicyclic amines) is 1. The summed E-state index contributed by atoms with van der Waals surface area (Å²) in [5, 5.41) is 12.7. The van der Waals surface area contributed by atoms with Crippen molar-refractivity contribution in [2.75, 3.05) is 49.6 Å². The second kappa shape index (κ2) is 11.8. The molecule has 2 aliphatic heterocycles. The number of Topliss-reactive ketones (excluding diaryl/α,β-unsaturated/α-hetero) is 1. The van der Waals surface area contributed by atoms with Gasteiger partial charge in [-0.05, 0) is 73.6 Å². The highest BCUT2D eigenvalue weighted by molar-refractivity contribution is 5.96. The lowest BCUT2D eigenvalue weighted by molar-refractivity contribution is 0.0944. The number of aryl methyl sites for hydroxylation is 1. The molecule has 0 radical (unpaired) electrons. The predicted octanol–water partition coefficient (Wildman–Crippen LogP) is 4.50. The predicted molar refractivity (Wildman–Crippen MR) is 142 cm³/mol. The molecule has 2 saturated heterocycles. The molecule has 0 bridgehead atoms. The fourth-order valence-corrected chi connectivity index (χ4v) is 4.80. The van der Waals surface area contributed by atoms with Crippen LogP contribution in [0.3, 0.4) is 0 Å². The summed E-state index contributed by atoms with van der Waals surface area (Å²) in [4.78, 5) is 34.6. The van der Waals surface area contributed by atoms with Crippen LogP contribution in [0.4, 0.5) is 16.3 Å². The van der Waals surface area contributed by atoms with Crippen LogP contribution in [0.25, 0.3) is 11.1 Å². The minimum atomic E-state index is -0.540. The number of aliphatic hydroxyl groups excluding tert-OH is 1. The third-order valence-corrected chi connectivity index (χ3v) is 7.17. The molecular formula is C28H38N4O4. The number of ketones is 1. The van der Waals surface area contributed by atoms with Gasteiger partial charge in [0.2, 0.25) is 0 Å². The average Bonchev–Trinajstić information content (AvgIpc) is 3.38. The van der Waals surface area contributed by atoms with Crippen LogP contribution in [0.15, 0.2) is 30.3 Å². The maximum atomic E-state index is 13.0. The Labute approximate surface area is 213 Å². The molecule has 2 aromatic rings. The van der Waals surface area contributed by atoms with Gasteiger partial charge in [-0.15, -0.1) is 0 Å². The van der Waals surface area contributed by atoms with Crippen molar-refractivity contribution in [3.05, 3.63) is 41.6 Å². The molecule has 2 atom stereocenters. The topological polar surface area (TPSA) is 95.0 Å². The van der Waals surface area contributed by atoms with E-state index in [-0.39, 0.29) is 18.2 Å². The van der Waals surface area contributed by atoms with E-state index in [0.717, 1.165) is 54.1 Å². The van der Waals surface area contributed by atoms with Crippen LogP contribution >= 0.6 is 0 Å². The zero-order valence-electron chi connectivity index (χ0n) is 21.6. The SMILES string of the molecule is CC[C@@H]1CCN(C(=O)Nc2ccc(C)c(-c3cc(C(=O)CC[C@@H](C)O)nc(N4CCOCC4)c3)c2)C1. The lowest BCUT2D eigenvalue weighted by Crippen LogP contribution is -2.37. The number of nitrogens with zero attached hydrogens (tertiary/aromatic N) is 3. The molecule has 0 aliphatic carbocycles. The molecule has 3 heterocycles. The van der Waals surface area contributed by atoms with Crippen molar-refractivity contribution < 1.29 is 19.4 Å². The van der Waals surface area contributed by atoms with Crippen molar-refractivity contribution >= 4 is 23.3 Å². The number of carbonyl (C=O) groups is 2. The summed E-state index contributed by atoms with van der Waals surface area (Å²) >= 11 is 0. The summed E-state index contributed by atoms with van der Waals surface area (Å²) in [5.41, 5.74) is 4.00. The highest BCUT2D eigenvalue weighted by Crippen LogP contribution is 2.31. The quantitative estimate of drug-likeness (QED) is 0.525. The Morgan fingerprint density at radius 3 is 2.67 bits per heavy atom. The van der Waals surface area contributed by atoms with Gasteiger partial charge in [-0.25, -0.2) is 9.78 Å². The summed E-state index contributed by atoms with van der Waals surface area (Å²) in [6.07, 6.45) is 2.23. The number of hydrogen-bond donors (Lipinski definition) is 2. The minimum absolute atomic E-state index is 0.0709. The molecule has 2 amide bonds. The van der Waals surface area contributed by atoms with Crippen LogP contribution in [0.5, 0.6) is 0 Å². The number of hydrogen-bond acceptors (Lipinski definition) is 6. The molecule has 0 unspecified atom stereocenters. The summed E-state index contributed by atoms with van der Waals surface area (Å²) < 4.78 is 5.50. The van der Waals surface area contributed by atoms with E-state index in [0.29, 0.717) is 44.3 Å². The highest BCUT2D eigenvalue weighted by atomic mass is 16.5. The Balaban J connectivity index is 1.63. The lowest BCUT2D eigenvalue weighted by atomic mass is 9.98. The zero-order chi connectivity index (χ0) is 25.7. The fraction of sp³-hybridized carbons (Fsp3) is 0.536. The van der Waals surface area contributed by atoms with Gasteiger partial charge in [0.1, 0.15) is 11.5 Å². The van der Waals surface area contributed by atoms with Gasteiger partial charge in [0.15, 0.2) is 5.78 Å². The molecular weight excluding hydrogens is 456 g/mol. The maximum absolute atomic E-state index is 13.0. The normalized spacial score (nSPS) is 18.8. The first-order valence-corrected chi connectivity index (χ1v) is 13.1. The third kappa shape index (κ3) is 6.42. The number of anilines is 2. The first kappa shape index (κ1) is 26.1. The van der Waals surface area contributed by atoms with Gasteiger partial charge >= 0.3 is 6.03 Å². The number of benzene rings is 1. The third-order valence-electron chi connectivity index (χ3n) is 7.17. The smallest absolute Gasteiger partial charge is 0.321 e. The molecule has 2 fully saturated rings. The van der Waals surface area contributed by atoms with E-state index < -0.39 is 6.10 Å². The summed E-state index contributed by atoms with van der Waals surface area (Å²) in [5.74, 6) is 1.23. The fourth-order valence-electron chi connectivity index (χ4n) is 4.80. The van der Waals surface area contributed by atoms with Crippen LogP contribution in [-0.2, 0) is 4.74 Å². The van der Waals surface area contributed by atoms with Gasteiger partial charge in [-0.1, -0.05) is 19.4 Å². The molecule has 36 heavy (non-hydrogen) atoms. The molecule has 8 heteroatoms. The van der Waals surface area contributed by atoms with E-state index in [2.05, 4.69) is 17.1 Å². The minimum Gasteiger partial charge on any atom is -0.393 e. The number of aromatic nitrogens is 1. The second-order valence-electron chi connectivity index (χ2n) is 9.98. The molecule has 0 saturated carbocycles. The van der Waals surface area contributed by atoms with E-state index >= 15 is 0 Å². The van der Waals surface area contributed by atoms with Crippen molar-refractivity contribution in [1.29, 1.82) is 0 Å². The number of morpholine rings is 1. The van der Waals surface area contributed by atoms with E-state index in [1.165, 1.54) is 0 Å². The Morgan fingerprint density at radius 1 is 1.19 bits per heavy atom. The Kier molecular flexibility index (Phi) is 8.59. The molecule has 4 rings (SSSR count). The van der Waals surface area contributed by atoms with Gasteiger partial charge in [-0.2, -0.15) is 0 Å². The Hall–Kier alpha value is -2.97. The summed E-state index contributed by atoms with van der Waals surface area (Å²) in [6, 6.07) is 9.66. The maximum Gasteiger partial charge on any atom is 0.321 e. The molecule has 1 aromatic heterocycles. The molecule has 2 N–H and O–H groups in total. The van der Waals surface area contributed by atoms with Gasteiger partial charge in [-0.3, -0.25) is 4.79 Å². The standard InChI is InChI=1S/C28H38N4O4/c1-4-21-9-10-32(18-21)28(35)29-23-7-5-19(2)24(17-23)22-15-25(26(34)8-6-20(3)33)30-27(16-22)31-11-13-36-14-12-31/h5,7,15-17,20-21,33H,4,6,8-14,18H2,1-3H3,(H,29,35)/t20-,21-/m1/s1. The zero-order valence-corrected chi connectivity index (χ0v) is 21.6. The van der Waals surface area contributed by atoms with Gasteiger partial charge in [0.05, 0.1) is 19.3 Å². The van der Waals surface area contributed by atoms with Crippen LogP contribution < -0.4 is 10.2 Å². The van der Waals surface area contributed by atoms with E-state index in [1.54, 1.807) is 6.92 Å². The monoisotopic (exact) mass is 494 g/mol. The van der Waals surface area contributed by atoms with Crippen molar-refractivity contribution in [1.82, 2.24) is 9.88 Å². The summed E-state index contributed by atoms with van der Waals surface area (Å²) in [7, 11) is 0. The average molecular weight is 495 g/mol. The number of nitrogens with one attached hydrogen (secondary N) is 1. The van der Waals surface area contributed by atoms with E-state index in [9.17, 15) is 14.7 Å². The molecule has 8 nitrogen and oxygen atoms in total. The largest absolute Gasteiger partial charge is 0.393 e. The van der Waals surface area contributed by atoms with Crippen molar-refractivity contribution in [2.24, 2.45) is 5.92 Å². The second-order valence-corrected chi connectivity index (χ2v) is 9.98. The molecule has 0 spiro atoms. The number of ether oxygens (including phenoxy) is 1. The first-order chi connectivity index (χ1) is 17.3. The Morgan fingerprint density at radius 2 is 1.97 bits per heavy atom. The molecule has 194 valence electrons.